The summed E-state index contributed by atoms with van der Waals surface area (Å²) in [5.41, 5.74) is 1.08. The third-order valence-corrected chi connectivity index (χ3v) is 4.64. The van der Waals surface area contributed by atoms with E-state index in [-0.39, 0.29) is 49.5 Å². The van der Waals surface area contributed by atoms with Gasteiger partial charge in [0, 0.05) is 38.5 Å². The average Bonchev–Trinajstić information content (AvgIpc) is 3.29. The summed E-state index contributed by atoms with van der Waals surface area (Å²) in [5.74, 6) is -1.10. The lowest BCUT2D eigenvalue weighted by Gasteiger charge is -2.20. The van der Waals surface area contributed by atoms with Crippen LogP contribution in [-0.2, 0) is 20.7 Å². The third kappa shape index (κ3) is 4.13. The number of methoxy groups -OCH3 is 1. The van der Waals surface area contributed by atoms with E-state index in [0.29, 0.717) is 17.0 Å². The fraction of sp³-hybridized carbons (Fsp3) is 0.444. The molecule has 9 heteroatoms. The number of aromatic nitrogens is 2. The lowest BCUT2D eigenvalue weighted by molar-refractivity contribution is -0.148. The van der Waals surface area contributed by atoms with Gasteiger partial charge in [-0.15, -0.1) is 0 Å². The zero-order valence-electron chi connectivity index (χ0n) is 15.0. The number of hydrogen-bond donors (Lipinski definition) is 1. The molecule has 2 unspecified atom stereocenters. The summed E-state index contributed by atoms with van der Waals surface area (Å²) in [6.45, 7) is 1.89. The molecule has 2 atom stereocenters. The van der Waals surface area contributed by atoms with Gasteiger partial charge in [-0.1, -0.05) is 5.16 Å². The Morgan fingerprint density at radius 1 is 1.44 bits per heavy atom. The standard InChI is InChI=1S/C18H20FN3O5/c1-10-7-11(3-4-13(10)19)17-20-15(27-21-17)5-6-16(23)22-9-12(26-2)8-14(22)18(24)25/h3-4,7,12,14H,5-6,8-9H2,1-2H3,(H,24,25). The van der Waals surface area contributed by atoms with Gasteiger partial charge in [0.1, 0.15) is 11.9 Å². The molecule has 144 valence electrons. The monoisotopic (exact) mass is 377 g/mol. The van der Waals surface area contributed by atoms with E-state index in [1.165, 1.54) is 18.1 Å². The quantitative estimate of drug-likeness (QED) is 0.818. The number of halogens is 1. The van der Waals surface area contributed by atoms with Gasteiger partial charge in [-0.25, -0.2) is 9.18 Å². The van der Waals surface area contributed by atoms with E-state index in [1.54, 1.807) is 19.1 Å². The number of amides is 1. The molecule has 1 saturated heterocycles. The largest absolute Gasteiger partial charge is 0.480 e. The molecule has 8 nitrogen and oxygen atoms in total. The van der Waals surface area contributed by atoms with Crippen LogP contribution in [0.4, 0.5) is 4.39 Å². The molecular formula is C18H20FN3O5. The van der Waals surface area contributed by atoms with Crippen LogP contribution in [-0.4, -0.2) is 57.8 Å². The maximum Gasteiger partial charge on any atom is 0.326 e. The number of carboxylic acids is 1. The Morgan fingerprint density at radius 2 is 2.22 bits per heavy atom. The molecule has 0 bridgehead atoms. The number of carbonyl (C=O) groups excluding carboxylic acids is 1. The topological polar surface area (TPSA) is 106 Å². The van der Waals surface area contributed by atoms with Crippen molar-refractivity contribution >= 4 is 11.9 Å². The van der Waals surface area contributed by atoms with Crippen LogP contribution in [0, 0.1) is 12.7 Å². The van der Waals surface area contributed by atoms with Gasteiger partial charge < -0.3 is 19.3 Å². The predicted molar refractivity (Wildman–Crippen MR) is 91.3 cm³/mol. The molecule has 3 rings (SSSR count). The molecule has 1 amide bonds. The highest BCUT2D eigenvalue weighted by Gasteiger charge is 2.39. The fourth-order valence-electron chi connectivity index (χ4n) is 3.09. The van der Waals surface area contributed by atoms with Gasteiger partial charge in [0.15, 0.2) is 0 Å². The molecule has 1 aromatic carbocycles. The van der Waals surface area contributed by atoms with E-state index in [0.717, 1.165) is 0 Å². The Hall–Kier alpha value is -2.81. The number of likely N-dealkylation sites (tertiary alicyclic amines) is 1. The molecule has 1 N–H and O–H groups in total. The zero-order chi connectivity index (χ0) is 19.6. The van der Waals surface area contributed by atoms with Gasteiger partial charge in [-0.2, -0.15) is 4.98 Å². The van der Waals surface area contributed by atoms with Crippen LogP contribution in [0.15, 0.2) is 22.7 Å². The van der Waals surface area contributed by atoms with Crippen molar-refractivity contribution in [1.29, 1.82) is 0 Å². The molecule has 0 radical (unpaired) electrons. The van der Waals surface area contributed by atoms with Crippen LogP contribution in [0.3, 0.4) is 0 Å². The number of aliphatic carboxylic acids is 1. The van der Waals surface area contributed by atoms with Gasteiger partial charge >= 0.3 is 5.97 Å². The van der Waals surface area contributed by atoms with Crippen molar-refractivity contribution in [3.05, 3.63) is 35.5 Å². The minimum absolute atomic E-state index is 0.0459. The summed E-state index contributed by atoms with van der Waals surface area (Å²) in [7, 11) is 1.49. The number of hydrogen-bond acceptors (Lipinski definition) is 6. The van der Waals surface area contributed by atoms with E-state index in [2.05, 4.69) is 10.1 Å². The van der Waals surface area contributed by atoms with Gasteiger partial charge in [0.05, 0.1) is 6.10 Å². The molecule has 27 heavy (non-hydrogen) atoms. The molecule has 1 aromatic heterocycles. The first kappa shape index (κ1) is 19.0. The Morgan fingerprint density at radius 3 is 2.89 bits per heavy atom. The number of aryl methyl sites for hydroxylation is 2. The fourth-order valence-corrected chi connectivity index (χ4v) is 3.09. The zero-order valence-corrected chi connectivity index (χ0v) is 15.0. The number of nitrogens with zero attached hydrogens (tertiary/aromatic N) is 3. The summed E-state index contributed by atoms with van der Waals surface area (Å²) in [6.07, 6.45) is 0.218. The average molecular weight is 377 g/mol. The number of rotatable bonds is 6. The highest BCUT2D eigenvalue weighted by molar-refractivity contribution is 5.84. The number of carbonyl (C=O) groups is 2. The predicted octanol–water partition coefficient (Wildman–Crippen LogP) is 1.82. The summed E-state index contributed by atoms with van der Waals surface area (Å²) >= 11 is 0. The van der Waals surface area contributed by atoms with Crippen LogP contribution in [0.25, 0.3) is 11.4 Å². The van der Waals surface area contributed by atoms with Crippen LogP contribution >= 0.6 is 0 Å². The number of ether oxygens (including phenoxy) is 1. The van der Waals surface area contributed by atoms with Gasteiger partial charge in [-0.05, 0) is 30.7 Å². The maximum atomic E-state index is 13.4. The second kappa shape index (κ2) is 7.83. The van der Waals surface area contributed by atoms with Crippen molar-refractivity contribution in [3.63, 3.8) is 0 Å². The summed E-state index contributed by atoms with van der Waals surface area (Å²) in [6, 6.07) is 3.61. The van der Waals surface area contributed by atoms with E-state index in [4.69, 9.17) is 9.26 Å². The van der Waals surface area contributed by atoms with E-state index < -0.39 is 12.0 Å². The van der Waals surface area contributed by atoms with Crippen LogP contribution in [0.1, 0.15) is 24.3 Å². The van der Waals surface area contributed by atoms with Gasteiger partial charge in [-0.3, -0.25) is 4.79 Å². The Balaban J connectivity index is 1.63. The van der Waals surface area contributed by atoms with Gasteiger partial charge in [0.2, 0.25) is 17.6 Å². The van der Waals surface area contributed by atoms with Crippen molar-refractivity contribution < 1.29 is 28.3 Å². The SMILES string of the molecule is COC1CC(C(=O)O)N(C(=O)CCc2nc(-c3ccc(F)c(C)c3)no2)C1. The summed E-state index contributed by atoms with van der Waals surface area (Å²) in [4.78, 5) is 29.3. The lowest BCUT2D eigenvalue weighted by atomic mass is 10.1. The minimum Gasteiger partial charge on any atom is -0.480 e. The molecule has 1 fully saturated rings. The highest BCUT2D eigenvalue weighted by Crippen LogP contribution is 2.22. The van der Waals surface area contributed by atoms with E-state index >= 15 is 0 Å². The first-order valence-corrected chi connectivity index (χ1v) is 8.53. The van der Waals surface area contributed by atoms with Crippen molar-refractivity contribution in [2.75, 3.05) is 13.7 Å². The highest BCUT2D eigenvalue weighted by atomic mass is 19.1. The maximum absolute atomic E-state index is 13.4. The molecular weight excluding hydrogens is 357 g/mol. The molecule has 0 saturated carbocycles. The van der Waals surface area contributed by atoms with Crippen molar-refractivity contribution in [3.8, 4) is 11.4 Å². The Bertz CT molecular complexity index is 853. The number of benzene rings is 1. The van der Waals surface area contributed by atoms with Crippen molar-refractivity contribution in [2.24, 2.45) is 0 Å². The van der Waals surface area contributed by atoms with E-state index in [9.17, 15) is 19.1 Å². The molecule has 1 aliphatic heterocycles. The van der Waals surface area contributed by atoms with Crippen LogP contribution < -0.4 is 0 Å². The Labute approximate surface area is 154 Å². The van der Waals surface area contributed by atoms with Crippen molar-refractivity contribution in [2.45, 2.75) is 38.3 Å². The van der Waals surface area contributed by atoms with E-state index in [1.807, 2.05) is 0 Å². The first-order chi connectivity index (χ1) is 12.9. The smallest absolute Gasteiger partial charge is 0.326 e. The summed E-state index contributed by atoms with van der Waals surface area (Å²) < 4.78 is 23.7. The number of carboxylic acid groups (broad SMARTS) is 1. The summed E-state index contributed by atoms with van der Waals surface area (Å²) in [5, 5.41) is 13.1. The second-order valence-corrected chi connectivity index (χ2v) is 6.47. The normalized spacial score (nSPS) is 19.4. The van der Waals surface area contributed by atoms with Crippen LogP contribution in [0.2, 0.25) is 0 Å². The molecule has 2 aromatic rings. The lowest BCUT2D eigenvalue weighted by Crippen LogP contribution is -2.40. The minimum atomic E-state index is -1.05. The first-order valence-electron chi connectivity index (χ1n) is 8.53. The van der Waals surface area contributed by atoms with Crippen LogP contribution in [0.5, 0.6) is 0 Å². The third-order valence-electron chi connectivity index (χ3n) is 4.64. The van der Waals surface area contributed by atoms with Gasteiger partial charge in [0.25, 0.3) is 0 Å². The molecule has 0 spiro atoms. The second-order valence-electron chi connectivity index (χ2n) is 6.47. The molecule has 1 aliphatic rings. The Kier molecular flexibility index (Phi) is 5.50. The molecule has 0 aliphatic carbocycles. The molecule has 2 heterocycles. The van der Waals surface area contributed by atoms with Crippen molar-refractivity contribution in [1.82, 2.24) is 15.0 Å².